The fourth-order valence-electron chi connectivity index (χ4n) is 2.14. The standard InChI is InChI=1S/C9H10N2O2/c10-5-6-3-7-1-2-8(4-6)11(7)9(12)13/h1-2,6-8H,3-4H2,(H,12,13)/t6?,7-,8+. The second kappa shape index (κ2) is 2.77. The molecule has 0 saturated carbocycles. The Morgan fingerprint density at radius 3 is 2.38 bits per heavy atom. The van der Waals surface area contributed by atoms with Gasteiger partial charge in [0.05, 0.1) is 24.1 Å². The molecule has 0 radical (unpaired) electrons. The van der Waals surface area contributed by atoms with E-state index < -0.39 is 6.09 Å². The Bertz CT molecular complexity index is 289. The van der Waals surface area contributed by atoms with Gasteiger partial charge in [0.2, 0.25) is 0 Å². The average molecular weight is 178 g/mol. The molecule has 3 atom stereocenters. The number of piperidine rings is 1. The number of hydrogen-bond donors (Lipinski definition) is 1. The Kier molecular flexibility index (Phi) is 1.73. The van der Waals surface area contributed by atoms with E-state index in [2.05, 4.69) is 6.07 Å². The van der Waals surface area contributed by atoms with E-state index in [1.807, 2.05) is 12.2 Å². The molecule has 2 aliphatic heterocycles. The van der Waals surface area contributed by atoms with Crippen molar-refractivity contribution in [2.75, 3.05) is 0 Å². The van der Waals surface area contributed by atoms with Crippen LogP contribution < -0.4 is 0 Å². The molecule has 4 heteroatoms. The molecule has 1 unspecified atom stereocenters. The zero-order valence-electron chi connectivity index (χ0n) is 7.05. The predicted molar refractivity (Wildman–Crippen MR) is 44.9 cm³/mol. The molecule has 0 aliphatic carbocycles. The number of carbonyl (C=O) groups is 1. The first-order valence-electron chi connectivity index (χ1n) is 4.31. The van der Waals surface area contributed by atoms with Gasteiger partial charge in [0.1, 0.15) is 0 Å². The Morgan fingerprint density at radius 2 is 2.00 bits per heavy atom. The van der Waals surface area contributed by atoms with Crippen LogP contribution in [0.5, 0.6) is 0 Å². The Balaban J connectivity index is 2.17. The van der Waals surface area contributed by atoms with Crippen LogP contribution >= 0.6 is 0 Å². The normalized spacial score (nSPS) is 35.9. The summed E-state index contributed by atoms with van der Waals surface area (Å²) in [6.45, 7) is 0. The van der Waals surface area contributed by atoms with Gasteiger partial charge in [-0.1, -0.05) is 12.2 Å². The maximum absolute atomic E-state index is 10.8. The number of amides is 1. The summed E-state index contributed by atoms with van der Waals surface area (Å²) in [5, 5.41) is 17.6. The van der Waals surface area contributed by atoms with Gasteiger partial charge in [-0.05, 0) is 12.8 Å². The first kappa shape index (κ1) is 8.11. The third kappa shape index (κ3) is 1.17. The van der Waals surface area contributed by atoms with Gasteiger partial charge in [-0.15, -0.1) is 0 Å². The number of nitriles is 1. The lowest BCUT2D eigenvalue weighted by Crippen LogP contribution is -2.46. The molecule has 1 N–H and O–H groups in total. The largest absolute Gasteiger partial charge is 0.465 e. The smallest absolute Gasteiger partial charge is 0.408 e. The number of rotatable bonds is 0. The van der Waals surface area contributed by atoms with Crippen LogP contribution in [-0.2, 0) is 0 Å². The molecule has 0 aromatic carbocycles. The van der Waals surface area contributed by atoms with Crippen molar-refractivity contribution in [1.82, 2.24) is 4.90 Å². The van der Waals surface area contributed by atoms with Gasteiger partial charge in [-0.25, -0.2) is 4.79 Å². The van der Waals surface area contributed by atoms with Crippen LogP contribution in [0.1, 0.15) is 12.8 Å². The zero-order valence-corrected chi connectivity index (χ0v) is 7.05. The first-order valence-corrected chi connectivity index (χ1v) is 4.31. The number of nitrogens with zero attached hydrogens (tertiary/aromatic N) is 2. The van der Waals surface area contributed by atoms with Crippen molar-refractivity contribution in [3.05, 3.63) is 12.2 Å². The van der Waals surface area contributed by atoms with Gasteiger partial charge in [-0.3, -0.25) is 4.90 Å². The predicted octanol–water partition coefficient (Wildman–Crippen LogP) is 1.21. The van der Waals surface area contributed by atoms with Crippen LogP contribution in [0.3, 0.4) is 0 Å². The van der Waals surface area contributed by atoms with E-state index >= 15 is 0 Å². The molecule has 2 bridgehead atoms. The highest BCUT2D eigenvalue weighted by Gasteiger charge is 2.39. The molecule has 2 heterocycles. The zero-order chi connectivity index (χ0) is 9.42. The molecule has 2 aliphatic rings. The minimum atomic E-state index is -0.878. The van der Waals surface area contributed by atoms with Crippen LogP contribution in [0.2, 0.25) is 0 Å². The molecule has 13 heavy (non-hydrogen) atoms. The van der Waals surface area contributed by atoms with Crippen LogP contribution in [-0.4, -0.2) is 28.2 Å². The van der Waals surface area contributed by atoms with E-state index in [9.17, 15) is 4.79 Å². The summed E-state index contributed by atoms with van der Waals surface area (Å²) in [5.41, 5.74) is 0. The molecule has 1 fully saturated rings. The fraction of sp³-hybridized carbons (Fsp3) is 0.556. The van der Waals surface area contributed by atoms with E-state index in [0.29, 0.717) is 12.8 Å². The number of fused-ring (bicyclic) bond motifs is 2. The molecule has 1 amide bonds. The van der Waals surface area contributed by atoms with Gasteiger partial charge in [0.15, 0.2) is 0 Å². The van der Waals surface area contributed by atoms with Crippen molar-refractivity contribution in [2.24, 2.45) is 5.92 Å². The first-order chi connectivity index (χ1) is 6.22. The topological polar surface area (TPSA) is 64.3 Å². The minimum absolute atomic E-state index is 0.0144. The van der Waals surface area contributed by atoms with Crippen LogP contribution in [0.15, 0.2) is 12.2 Å². The molecule has 68 valence electrons. The van der Waals surface area contributed by atoms with E-state index in [0.717, 1.165) is 0 Å². The van der Waals surface area contributed by atoms with Crippen molar-refractivity contribution < 1.29 is 9.90 Å². The van der Waals surface area contributed by atoms with E-state index in [1.165, 1.54) is 4.90 Å². The van der Waals surface area contributed by atoms with Crippen molar-refractivity contribution >= 4 is 6.09 Å². The summed E-state index contributed by atoms with van der Waals surface area (Å²) < 4.78 is 0. The van der Waals surface area contributed by atoms with Crippen LogP contribution in [0, 0.1) is 17.2 Å². The molecule has 0 aromatic heterocycles. The molecule has 2 rings (SSSR count). The van der Waals surface area contributed by atoms with Gasteiger partial charge < -0.3 is 5.11 Å². The summed E-state index contributed by atoms with van der Waals surface area (Å²) in [7, 11) is 0. The van der Waals surface area contributed by atoms with E-state index in [4.69, 9.17) is 10.4 Å². The summed E-state index contributed by atoms with van der Waals surface area (Å²) >= 11 is 0. The molecular weight excluding hydrogens is 168 g/mol. The summed E-state index contributed by atoms with van der Waals surface area (Å²) in [4.78, 5) is 12.3. The molecule has 0 spiro atoms. The van der Waals surface area contributed by atoms with Crippen LogP contribution in [0.25, 0.3) is 0 Å². The third-order valence-corrected chi connectivity index (χ3v) is 2.73. The average Bonchev–Trinajstić information content (AvgIpc) is 2.37. The third-order valence-electron chi connectivity index (χ3n) is 2.73. The molecular formula is C9H10N2O2. The lowest BCUT2D eigenvalue weighted by Gasteiger charge is -2.34. The summed E-state index contributed by atoms with van der Waals surface area (Å²) in [5.74, 6) is 0.0144. The number of carboxylic acid groups (broad SMARTS) is 1. The monoisotopic (exact) mass is 178 g/mol. The minimum Gasteiger partial charge on any atom is -0.465 e. The summed E-state index contributed by atoms with van der Waals surface area (Å²) in [6, 6.07) is 2.07. The Hall–Kier alpha value is -1.50. The fourth-order valence-corrected chi connectivity index (χ4v) is 2.14. The molecule has 1 saturated heterocycles. The lowest BCUT2D eigenvalue weighted by atomic mass is 9.91. The second-order valence-corrected chi connectivity index (χ2v) is 3.51. The van der Waals surface area contributed by atoms with Crippen molar-refractivity contribution in [3.8, 4) is 6.07 Å². The summed E-state index contributed by atoms with van der Waals surface area (Å²) in [6.07, 6.45) is 4.22. The van der Waals surface area contributed by atoms with Crippen LogP contribution in [0.4, 0.5) is 4.79 Å². The highest BCUT2D eigenvalue weighted by Crippen LogP contribution is 2.33. The van der Waals surface area contributed by atoms with Gasteiger partial charge in [-0.2, -0.15) is 5.26 Å². The van der Waals surface area contributed by atoms with E-state index in [1.54, 1.807) is 0 Å². The van der Waals surface area contributed by atoms with Gasteiger partial charge in [0, 0.05) is 0 Å². The Morgan fingerprint density at radius 1 is 1.46 bits per heavy atom. The van der Waals surface area contributed by atoms with Crippen molar-refractivity contribution in [3.63, 3.8) is 0 Å². The Labute approximate surface area is 76.1 Å². The number of hydrogen-bond acceptors (Lipinski definition) is 2. The molecule has 0 aromatic rings. The van der Waals surface area contributed by atoms with Gasteiger partial charge in [0.25, 0.3) is 0 Å². The molecule has 4 nitrogen and oxygen atoms in total. The SMILES string of the molecule is N#CC1C[C@H]2C=C[C@@H](C1)N2C(=O)O. The quantitative estimate of drug-likeness (QED) is 0.567. The highest BCUT2D eigenvalue weighted by atomic mass is 16.4. The second-order valence-electron chi connectivity index (χ2n) is 3.51. The maximum Gasteiger partial charge on any atom is 0.408 e. The lowest BCUT2D eigenvalue weighted by molar-refractivity contribution is 0.101. The van der Waals surface area contributed by atoms with Gasteiger partial charge >= 0.3 is 6.09 Å². The van der Waals surface area contributed by atoms with Crippen molar-refractivity contribution in [2.45, 2.75) is 24.9 Å². The van der Waals surface area contributed by atoms with Crippen molar-refractivity contribution in [1.29, 1.82) is 5.26 Å². The van der Waals surface area contributed by atoms with E-state index in [-0.39, 0.29) is 18.0 Å². The maximum atomic E-state index is 10.8. The highest BCUT2D eigenvalue weighted by molar-refractivity contribution is 5.68.